The minimum absolute atomic E-state index is 0.458. The van der Waals surface area contributed by atoms with Crippen LogP contribution < -0.4 is 0 Å². The van der Waals surface area contributed by atoms with Crippen LogP contribution >= 0.6 is 15.9 Å². The maximum atomic E-state index is 5.80. The molecule has 0 spiro atoms. The Morgan fingerprint density at radius 1 is 1.36 bits per heavy atom. The lowest BCUT2D eigenvalue weighted by molar-refractivity contribution is -0.0347. The molecule has 0 amide bonds. The molecule has 0 bridgehead atoms. The maximum Gasteiger partial charge on any atom is 0.0619 e. The molecule has 1 saturated heterocycles. The van der Waals surface area contributed by atoms with E-state index in [2.05, 4.69) is 22.9 Å². The summed E-state index contributed by atoms with van der Waals surface area (Å²) in [6, 6.07) is 0. The van der Waals surface area contributed by atoms with Gasteiger partial charge in [0.05, 0.1) is 6.10 Å². The molecule has 3 heteroatoms. The maximum absolute atomic E-state index is 5.80. The third-order valence-corrected chi connectivity index (χ3v) is 3.19. The highest BCUT2D eigenvalue weighted by Crippen LogP contribution is 2.14. The Morgan fingerprint density at radius 2 is 2.07 bits per heavy atom. The molecule has 0 saturated carbocycles. The molecular weight excluding hydrogens is 244 g/mol. The van der Waals surface area contributed by atoms with Gasteiger partial charge in [0, 0.05) is 25.2 Å². The van der Waals surface area contributed by atoms with Gasteiger partial charge in [-0.3, -0.25) is 0 Å². The zero-order valence-corrected chi connectivity index (χ0v) is 10.6. The van der Waals surface area contributed by atoms with Crippen molar-refractivity contribution in [2.24, 2.45) is 5.92 Å². The summed E-state index contributed by atoms with van der Waals surface area (Å²) in [6.07, 6.45) is 5.04. The molecule has 2 nitrogen and oxygen atoms in total. The third-order valence-electron chi connectivity index (χ3n) is 2.73. The van der Waals surface area contributed by atoms with Crippen LogP contribution in [-0.2, 0) is 9.47 Å². The number of hydrogen-bond donors (Lipinski definition) is 0. The molecule has 0 aromatic rings. The van der Waals surface area contributed by atoms with Crippen molar-refractivity contribution >= 4 is 15.9 Å². The molecule has 1 fully saturated rings. The SMILES string of the molecule is CC(CCBr)CCOC1CCOCC1. The average Bonchev–Trinajstić information content (AvgIpc) is 2.20. The molecule has 0 N–H and O–H groups in total. The molecule has 0 aromatic carbocycles. The van der Waals surface area contributed by atoms with Crippen LogP contribution in [0.5, 0.6) is 0 Å². The van der Waals surface area contributed by atoms with Gasteiger partial charge >= 0.3 is 0 Å². The molecule has 1 rings (SSSR count). The van der Waals surface area contributed by atoms with Gasteiger partial charge in [0.25, 0.3) is 0 Å². The van der Waals surface area contributed by atoms with Crippen molar-refractivity contribution in [2.45, 2.75) is 38.7 Å². The molecule has 1 unspecified atom stereocenters. The first kappa shape index (κ1) is 12.5. The molecule has 1 aliphatic rings. The van der Waals surface area contributed by atoms with Crippen molar-refractivity contribution in [2.75, 3.05) is 25.2 Å². The molecule has 1 atom stereocenters. The molecule has 0 aliphatic carbocycles. The van der Waals surface area contributed by atoms with Crippen LogP contribution in [0, 0.1) is 5.92 Å². The predicted octanol–water partition coefficient (Wildman–Crippen LogP) is 2.99. The summed E-state index contributed by atoms with van der Waals surface area (Å²) in [7, 11) is 0. The van der Waals surface area contributed by atoms with E-state index < -0.39 is 0 Å². The summed E-state index contributed by atoms with van der Waals surface area (Å²) >= 11 is 3.46. The summed E-state index contributed by atoms with van der Waals surface area (Å²) in [4.78, 5) is 0. The van der Waals surface area contributed by atoms with Gasteiger partial charge in [-0.2, -0.15) is 0 Å². The Balaban J connectivity index is 1.96. The Bertz CT molecular complexity index is 135. The van der Waals surface area contributed by atoms with Gasteiger partial charge in [0.2, 0.25) is 0 Å². The molecular formula is C11H21BrO2. The van der Waals surface area contributed by atoms with E-state index >= 15 is 0 Å². The number of rotatable bonds is 6. The molecule has 0 aromatic heterocycles. The number of alkyl halides is 1. The number of ether oxygens (including phenoxy) is 2. The van der Waals surface area contributed by atoms with E-state index in [1.54, 1.807) is 0 Å². The van der Waals surface area contributed by atoms with Crippen LogP contribution in [-0.4, -0.2) is 31.3 Å². The summed E-state index contributed by atoms with van der Waals surface area (Å²) in [5, 5.41) is 1.10. The van der Waals surface area contributed by atoms with Gasteiger partial charge in [-0.05, 0) is 31.6 Å². The fourth-order valence-corrected chi connectivity index (χ4v) is 2.39. The number of hydrogen-bond acceptors (Lipinski definition) is 2. The average molecular weight is 265 g/mol. The molecule has 84 valence electrons. The second-order valence-corrected chi connectivity index (χ2v) is 4.85. The Morgan fingerprint density at radius 3 is 2.71 bits per heavy atom. The largest absolute Gasteiger partial charge is 0.381 e. The first-order chi connectivity index (χ1) is 6.83. The first-order valence-electron chi connectivity index (χ1n) is 5.58. The van der Waals surface area contributed by atoms with Crippen molar-refractivity contribution in [3.8, 4) is 0 Å². The quantitative estimate of drug-likeness (QED) is 0.687. The van der Waals surface area contributed by atoms with E-state index in [0.717, 1.165) is 43.9 Å². The number of halogens is 1. The van der Waals surface area contributed by atoms with Crippen molar-refractivity contribution in [3.05, 3.63) is 0 Å². The molecule has 1 heterocycles. The predicted molar refractivity (Wildman–Crippen MR) is 62.0 cm³/mol. The zero-order valence-electron chi connectivity index (χ0n) is 9.01. The summed E-state index contributed by atoms with van der Waals surface area (Å²) in [5.41, 5.74) is 0. The Kier molecular flexibility index (Phi) is 6.82. The lowest BCUT2D eigenvalue weighted by atomic mass is 10.1. The molecule has 1 aliphatic heterocycles. The third kappa shape index (κ3) is 5.32. The van der Waals surface area contributed by atoms with Crippen molar-refractivity contribution in [1.82, 2.24) is 0 Å². The minimum Gasteiger partial charge on any atom is -0.381 e. The first-order valence-corrected chi connectivity index (χ1v) is 6.70. The van der Waals surface area contributed by atoms with E-state index in [-0.39, 0.29) is 0 Å². The fraction of sp³-hybridized carbons (Fsp3) is 1.00. The standard InChI is InChI=1S/C11H21BrO2/c1-10(2-6-12)3-9-14-11-4-7-13-8-5-11/h10-11H,2-9H2,1H3. The van der Waals surface area contributed by atoms with Gasteiger partial charge in [0.15, 0.2) is 0 Å². The van der Waals surface area contributed by atoms with Crippen LogP contribution in [0.4, 0.5) is 0 Å². The minimum atomic E-state index is 0.458. The summed E-state index contributed by atoms with van der Waals surface area (Å²) < 4.78 is 11.1. The molecule has 14 heavy (non-hydrogen) atoms. The highest BCUT2D eigenvalue weighted by molar-refractivity contribution is 9.09. The second kappa shape index (κ2) is 7.66. The smallest absolute Gasteiger partial charge is 0.0619 e. The zero-order chi connectivity index (χ0) is 10.2. The van der Waals surface area contributed by atoms with Gasteiger partial charge in [-0.1, -0.05) is 22.9 Å². The van der Waals surface area contributed by atoms with Crippen LogP contribution in [0.2, 0.25) is 0 Å². The van der Waals surface area contributed by atoms with Crippen molar-refractivity contribution < 1.29 is 9.47 Å². The van der Waals surface area contributed by atoms with Gasteiger partial charge in [-0.15, -0.1) is 0 Å². The monoisotopic (exact) mass is 264 g/mol. The van der Waals surface area contributed by atoms with E-state index in [4.69, 9.17) is 9.47 Å². The van der Waals surface area contributed by atoms with Gasteiger partial charge in [0.1, 0.15) is 0 Å². The second-order valence-electron chi connectivity index (χ2n) is 4.05. The van der Waals surface area contributed by atoms with E-state index in [1.807, 2.05) is 0 Å². The topological polar surface area (TPSA) is 18.5 Å². The van der Waals surface area contributed by atoms with Crippen molar-refractivity contribution in [3.63, 3.8) is 0 Å². The normalized spacial score (nSPS) is 21.0. The Labute approximate surface area is 95.5 Å². The summed E-state index contributed by atoms with van der Waals surface area (Å²) in [5.74, 6) is 0.772. The van der Waals surface area contributed by atoms with Crippen LogP contribution in [0.3, 0.4) is 0 Å². The Hall–Kier alpha value is 0.400. The van der Waals surface area contributed by atoms with E-state index in [0.29, 0.717) is 6.10 Å². The lowest BCUT2D eigenvalue weighted by Crippen LogP contribution is -2.24. The van der Waals surface area contributed by atoms with Crippen LogP contribution in [0.25, 0.3) is 0 Å². The van der Waals surface area contributed by atoms with Crippen molar-refractivity contribution in [1.29, 1.82) is 0 Å². The summed E-state index contributed by atoms with van der Waals surface area (Å²) in [6.45, 7) is 4.96. The van der Waals surface area contributed by atoms with Gasteiger partial charge in [-0.25, -0.2) is 0 Å². The van der Waals surface area contributed by atoms with E-state index in [9.17, 15) is 0 Å². The molecule has 0 radical (unpaired) electrons. The van der Waals surface area contributed by atoms with E-state index in [1.165, 1.54) is 12.8 Å². The fourth-order valence-electron chi connectivity index (χ4n) is 1.61. The van der Waals surface area contributed by atoms with Crippen LogP contribution in [0.15, 0.2) is 0 Å². The highest BCUT2D eigenvalue weighted by atomic mass is 79.9. The lowest BCUT2D eigenvalue weighted by Gasteiger charge is -2.23. The highest BCUT2D eigenvalue weighted by Gasteiger charge is 2.13. The van der Waals surface area contributed by atoms with Gasteiger partial charge < -0.3 is 9.47 Å². The van der Waals surface area contributed by atoms with Crippen LogP contribution in [0.1, 0.15) is 32.6 Å².